The summed E-state index contributed by atoms with van der Waals surface area (Å²) < 4.78 is 27.9. The van der Waals surface area contributed by atoms with Gasteiger partial charge in [-0.15, -0.1) is 11.3 Å². The summed E-state index contributed by atoms with van der Waals surface area (Å²) in [6, 6.07) is 9.12. The summed E-state index contributed by atoms with van der Waals surface area (Å²) in [7, 11) is -3.56. The predicted molar refractivity (Wildman–Crippen MR) is 100 cm³/mol. The van der Waals surface area contributed by atoms with E-state index in [1.54, 1.807) is 31.5 Å². The maximum atomic E-state index is 12.6. The van der Waals surface area contributed by atoms with Crippen LogP contribution in [0.5, 0.6) is 0 Å². The van der Waals surface area contributed by atoms with Crippen LogP contribution in [0.4, 0.5) is 0 Å². The second-order valence-electron chi connectivity index (χ2n) is 5.86. The second-order valence-corrected chi connectivity index (χ2v) is 8.68. The first-order valence-corrected chi connectivity index (χ1v) is 10.1. The molecule has 7 heteroatoms. The van der Waals surface area contributed by atoms with Crippen LogP contribution in [0.15, 0.2) is 47.6 Å². The fraction of sp³-hybridized carbons (Fsp3) is 0.222. The topological polar surface area (TPSA) is 72.0 Å². The van der Waals surface area contributed by atoms with Gasteiger partial charge in [0.25, 0.3) is 0 Å². The number of nitrogens with one attached hydrogen (secondary N) is 1. The van der Waals surface area contributed by atoms with Crippen LogP contribution in [0, 0.1) is 20.8 Å². The molecule has 0 saturated carbocycles. The average molecular weight is 374 g/mol. The lowest BCUT2D eigenvalue weighted by atomic mass is 10.2. The van der Waals surface area contributed by atoms with Crippen molar-refractivity contribution in [3.05, 3.63) is 64.4 Å². The van der Waals surface area contributed by atoms with E-state index in [0.29, 0.717) is 4.90 Å². The second kappa shape index (κ2) is 7.03. The molecule has 0 fully saturated rings. The molecule has 0 spiro atoms. The summed E-state index contributed by atoms with van der Waals surface area (Å²) in [5, 5.41) is 0.839. The van der Waals surface area contributed by atoms with Gasteiger partial charge in [0, 0.05) is 29.4 Å². The number of rotatable bonds is 5. The fourth-order valence-electron chi connectivity index (χ4n) is 2.54. The van der Waals surface area contributed by atoms with E-state index >= 15 is 0 Å². The van der Waals surface area contributed by atoms with E-state index in [-0.39, 0.29) is 6.54 Å². The molecular weight excluding hydrogens is 354 g/mol. The van der Waals surface area contributed by atoms with Gasteiger partial charge in [-0.05, 0) is 44.5 Å². The number of hydrogen-bond donors (Lipinski definition) is 1. The number of pyridine rings is 1. The average Bonchev–Trinajstić information content (AvgIpc) is 2.94. The summed E-state index contributed by atoms with van der Waals surface area (Å²) in [4.78, 5) is 9.83. The molecule has 3 rings (SSSR count). The maximum Gasteiger partial charge on any atom is 0.241 e. The zero-order chi connectivity index (χ0) is 18.0. The van der Waals surface area contributed by atoms with Crippen molar-refractivity contribution in [3.63, 3.8) is 0 Å². The normalized spacial score (nSPS) is 11.6. The quantitative estimate of drug-likeness (QED) is 0.741. The number of benzene rings is 1. The molecule has 0 bridgehead atoms. The molecule has 2 heterocycles. The highest BCUT2D eigenvalue weighted by Gasteiger charge is 2.18. The highest BCUT2D eigenvalue weighted by atomic mass is 32.2. The molecule has 0 aliphatic rings. The fourth-order valence-corrected chi connectivity index (χ4v) is 4.85. The zero-order valence-corrected chi connectivity index (χ0v) is 15.9. The predicted octanol–water partition coefficient (Wildman–Crippen LogP) is 3.61. The van der Waals surface area contributed by atoms with Crippen molar-refractivity contribution in [2.24, 2.45) is 0 Å². The van der Waals surface area contributed by atoms with Gasteiger partial charge in [0.1, 0.15) is 5.01 Å². The Morgan fingerprint density at radius 3 is 2.64 bits per heavy atom. The van der Waals surface area contributed by atoms with Crippen molar-refractivity contribution in [3.8, 4) is 10.6 Å². The number of aryl methyl sites for hydroxylation is 3. The van der Waals surface area contributed by atoms with Gasteiger partial charge in [-0.2, -0.15) is 0 Å². The molecule has 1 N–H and O–H groups in total. The molecular formula is C18H19N3O2S2. The summed E-state index contributed by atoms with van der Waals surface area (Å²) in [6.07, 6.45) is 3.46. The van der Waals surface area contributed by atoms with Crippen LogP contribution in [0.1, 0.15) is 21.7 Å². The highest BCUT2D eigenvalue weighted by Crippen LogP contribution is 2.27. The van der Waals surface area contributed by atoms with Gasteiger partial charge < -0.3 is 0 Å². The Morgan fingerprint density at radius 1 is 1.16 bits per heavy atom. The first-order chi connectivity index (χ1) is 11.9. The molecule has 5 nitrogen and oxygen atoms in total. The lowest BCUT2D eigenvalue weighted by Crippen LogP contribution is -2.24. The van der Waals surface area contributed by atoms with E-state index in [9.17, 15) is 8.42 Å². The van der Waals surface area contributed by atoms with Crippen LogP contribution in [-0.2, 0) is 16.6 Å². The van der Waals surface area contributed by atoms with Crippen molar-refractivity contribution in [1.82, 2.24) is 14.7 Å². The van der Waals surface area contributed by atoms with Gasteiger partial charge in [-0.1, -0.05) is 17.7 Å². The van der Waals surface area contributed by atoms with Crippen LogP contribution < -0.4 is 4.72 Å². The van der Waals surface area contributed by atoms with Gasteiger partial charge in [0.15, 0.2) is 0 Å². The first-order valence-electron chi connectivity index (χ1n) is 7.80. The SMILES string of the molecule is Cc1ccc(S(=O)(=O)NCc2sc(-c3cccnc3)nc2C)c(C)c1. The van der Waals surface area contributed by atoms with Crippen LogP contribution >= 0.6 is 11.3 Å². The van der Waals surface area contributed by atoms with Crippen LogP contribution in [0.3, 0.4) is 0 Å². The maximum absolute atomic E-state index is 12.6. The van der Waals surface area contributed by atoms with Crippen molar-refractivity contribution in [2.75, 3.05) is 0 Å². The molecule has 0 unspecified atom stereocenters. The van der Waals surface area contributed by atoms with Gasteiger partial charge in [0.2, 0.25) is 10.0 Å². The van der Waals surface area contributed by atoms with Gasteiger partial charge >= 0.3 is 0 Å². The molecule has 130 valence electrons. The number of thiazole rings is 1. The largest absolute Gasteiger partial charge is 0.264 e. The van der Waals surface area contributed by atoms with Crippen molar-refractivity contribution >= 4 is 21.4 Å². The Balaban J connectivity index is 1.80. The van der Waals surface area contributed by atoms with Crippen molar-refractivity contribution < 1.29 is 8.42 Å². The van der Waals surface area contributed by atoms with E-state index in [1.807, 2.05) is 32.0 Å². The number of sulfonamides is 1. The molecule has 2 aromatic heterocycles. The summed E-state index contributed by atoms with van der Waals surface area (Å²) >= 11 is 1.48. The molecule has 0 saturated heterocycles. The Labute approximate surface area is 151 Å². The highest BCUT2D eigenvalue weighted by molar-refractivity contribution is 7.89. The van der Waals surface area contributed by atoms with E-state index < -0.39 is 10.0 Å². The molecule has 0 aliphatic heterocycles. The summed E-state index contributed by atoms with van der Waals surface area (Å²) in [5.41, 5.74) is 3.53. The third kappa shape index (κ3) is 3.95. The number of nitrogens with zero attached hydrogens (tertiary/aromatic N) is 2. The Kier molecular flexibility index (Phi) is 4.99. The van der Waals surface area contributed by atoms with E-state index in [1.165, 1.54) is 11.3 Å². The minimum atomic E-state index is -3.56. The molecule has 0 atom stereocenters. The minimum absolute atomic E-state index is 0.222. The zero-order valence-electron chi connectivity index (χ0n) is 14.3. The smallest absolute Gasteiger partial charge is 0.241 e. The summed E-state index contributed by atoms with van der Waals surface area (Å²) in [6.45, 7) is 5.86. The number of hydrogen-bond acceptors (Lipinski definition) is 5. The Bertz CT molecular complexity index is 996. The number of aromatic nitrogens is 2. The van der Waals surface area contributed by atoms with E-state index in [0.717, 1.165) is 32.3 Å². The lowest BCUT2D eigenvalue weighted by molar-refractivity contribution is 0.581. The van der Waals surface area contributed by atoms with E-state index in [2.05, 4.69) is 14.7 Å². The molecule has 1 aromatic carbocycles. The Morgan fingerprint density at radius 2 is 1.96 bits per heavy atom. The van der Waals surface area contributed by atoms with Gasteiger partial charge in [-0.25, -0.2) is 18.1 Å². The molecule has 3 aromatic rings. The van der Waals surface area contributed by atoms with Crippen molar-refractivity contribution in [2.45, 2.75) is 32.2 Å². The van der Waals surface area contributed by atoms with Gasteiger partial charge in [0.05, 0.1) is 10.6 Å². The van der Waals surface area contributed by atoms with E-state index in [4.69, 9.17) is 0 Å². The summed E-state index contributed by atoms with van der Waals surface area (Å²) in [5.74, 6) is 0. The van der Waals surface area contributed by atoms with Crippen LogP contribution in [0.2, 0.25) is 0 Å². The lowest BCUT2D eigenvalue weighted by Gasteiger charge is -2.09. The third-order valence-corrected chi connectivity index (χ3v) is 6.61. The first kappa shape index (κ1) is 17.7. The molecule has 0 radical (unpaired) electrons. The van der Waals surface area contributed by atoms with Gasteiger partial charge in [-0.3, -0.25) is 4.98 Å². The molecule has 0 aliphatic carbocycles. The van der Waals surface area contributed by atoms with Crippen LogP contribution in [-0.4, -0.2) is 18.4 Å². The minimum Gasteiger partial charge on any atom is -0.264 e. The third-order valence-electron chi connectivity index (χ3n) is 3.84. The monoisotopic (exact) mass is 373 g/mol. The Hall–Kier alpha value is -2.09. The standard InChI is InChI=1S/C18H19N3O2S2/c1-12-6-7-17(13(2)9-12)25(22,23)20-11-16-14(3)21-18(24-16)15-5-4-8-19-10-15/h4-10,20H,11H2,1-3H3. The molecule has 25 heavy (non-hydrogen) atoms. The van der Waals surface area contributed by atoms with Crippen LogP contribution in [0.25, 0.3) is 10.6 Å². The molecule has 0 amide bonds. The van der Waals surface area contributed by atoms with Crippen molar-refractivity contribution in [1.29, 1.82) is 0 Å².